The van der Waals surface area contributed by atoms with Crippen LogP contribution in [0.5, 0.6) is 0 Å². The molecule has 3 fully saturated rings. The first-order valence-corrected chi connectivity index (χ1v) is 11.1. The number of rotatable bonds is 2. The molecular weight excluding hydrogens is 358 g/mol. The number of hydrogen-bond acceptors (Lipinski definition) is 6. The smallest absolute Gasteiger partial charge is 0.227 e. The van der Waals surface area contributed by atoms with Crippen molar-refractivity contribution in [1.29, 1.82) is 0 Å². The molecule has 27 heavy (non-hydrogen) atoms. The van der Waals surface area contributed by atoms with Gasteiger partial charge in [-0.3, -0.25) is 4.79 Å². The molecule has 5 heterocycles. The van der Waals surface area contributed by atoms with E-state index in [-0.39, 0.29) is 5.92 Å². The van der Waals surface area contributed by atoms with E-state index in [4.69, 9.17) is 0 Å². The third-order valence-corrected chi connectivity index (χ3v) is 7.46. The van der Waals surface area contributed by atoms with Gasteiger partial charge in [0.2, 0.25) is 5.91 Å². The van der Waals surface area contributed by atoms with Crippen molar-refractivity contribution in [3.8, 4) is 0 Å². The molecule has 0 bridgehead atoms. The maximum absolute atomic E-state index is 13.3. The van der Waals surface area contributed by atoms with Crippen LogP contribution in [0.2, 0.25) is 0 Å². The molecule has 6 nitrogen and oxygen atoms in total. The lowest BCUT2D eigenvalue weighted by molar-refractivity contribution is -0.135. The van der Waals surface area contributed by atoms with Crippen molar-refractivity contribution in [2.75, 3.05) is 44.2 Å². The largest absolute Gasteiger partial charge is 0.355 e. The summed E-state index contributed by atoms with van der Waals surface area (Å²) < 4.78 is 0. The number of likely N-dealkylation sites (tertiary alicyclic amines) is 1. The Bertz CT molecular complexity index is 810. The van der Waals surface area contributed by atoms with E-state index in [9.17, 15) is 4.79 Å². The number of aromatic nitrogens is 2. The Morgan fingerprint density at radius 3 is 2.74 bits per heavy atom. The summed E-state index contributed by atoms with van der Waals surface area (Å²) in [7, 11) is 0. The lowest BCUT2D eigenvalue weighted by Crippen LogP contribution is -2.45. The monoisotopic (exact) mass is 385 g/mol. The molecule has 7 heteroatoms. The van der Waals surface area contributed by atoms with Gasteiger partial charge in [0.25, 0.3) is 0 Å². The van der Waals surface area contributed by atoms with Gasteiger partial charge in [-0.2, -0.15) is 0 Å². The highest BCUT2D eigenvalue weighted by atomic mass is 32.1. The number of carbonyl (C=O) groups is 1. The highest BCUT2D eigenvalue weighted by molar-refractivity contribution is 7.16. The Labute approximate surface area is 164 Å². The van der Waals surface area contributed by atoms with E-state index in [0.717, 1.165) is 92.8 Å². The number of nitrogens with zero attached hydrogens (tertiary/aromatic N) is 4. The van der Waals surface area contributed by atoms with Gasteiger partial charge in [-0.25, -0.2) is 9.97 Å². The fourth-order valence-corrected chi connectivity index (χ4v) is 5.82. The zero-order valence-corrected chi connectivity index (χ0v) is 16.5. The summed E-state index contributed by atoms with van der Waals surface area (Å²) in [6.07, 6.45) is 6.01. The van der Waals surface area contributed by atoms with Crippen molar-refractivity contribution in [3.05, 3.63) is 17.8 Å². The van der Waals surface area contributed by atoms with E-state index in [1.54, 1.807) is 17.7 Å². The lowest BCUT2D eigenvalue weighted by atomic mass is 9.92. The number of piperidine rings is 1. The van der Waals surface area contributed by atoms with Gasteiger partial charge in [-0.15, -0.1) is 11.3 Å². The molecule has 0 aliphatic carbocycles. The number of nitrogens with one attached hydrogen (secondary N) is 1. The van der Waals surface area contributed by atoms with Crippen molar-refractivity contribution in [2.45, 2.75) is 25.7 Å². The molecule has 144 valence electrons. The zero-order chi connectivity index (χ0) is 18.2. The molecule has 1 unspecified atom stereocenters. The van der Waals surface area contributed by atoms with Crippen LogP contribution in [0.25, 0.3) is 10.2 Å². The quantitative estimate of drug-likeness (QED) is 0.860. The van der Waals surface area contributed by atoms with Crippen LogP contribution in [0.3, 0.4) is 0 Å². The molecule has 0 aromatic carbocycles. The fourth-order valence-electron chi connectivity index (χ4n) is 5.10. The lowest BCUT2D eigenvalue weighted by Gasteiger charge is -2.35. The Balaban J connectivity index is 1.29. The van der Waals surface area contributed by atoms with Crippen molar-refractivity contribution in [2.24, 2.45) is 17.8 Å². The molecule has 1 amide bonds. The molecule has 3 atom stereocenters. The fraction of sp³-hybridized carbons (Fsp3) is 0.650. The second-order valence-electron chi connectivity index (χ2n) is 8.20. The maximum atomic E-state index is 13.3. The van der Waals surface area contributed by atoms with Crippen LogP contribution in [-0.4, -0.2) is 60.0 Å². The predicted molar refractivity (Wildman–Crippen MR) is 108 cm³/mol. The van der Waals surface area contributed by atoms with Gasteiger partial charge >= 0.3 is 0 Å². The van der Waals surface area contributed by atoms with Crippen LogP contribution >= 0.6 is 11.3 Å². The first kappa shape index (κ1) is 17.4. The SMILES string of the molecule is O=C(C1CCCN(c2ncnc3sccc23)C1)N1CC[C@@H]2CNC[C@@H]2CC1. The van der Waals surface area contributed by atoms with Gasteiger partial charge in [0.05, 0.1) is 11.3 Å². The molecule has 2 aromatic rings. The van der Waals surface area contributed by atoms with Crippen molar-refractivity contribution in [3.63, 3.8) is 0 Å². The van der Waals surface area contributed by atoms with Crippen molar-refractivity contribution < 1.29 is 4.79 Å². The standard InChI is InChI=1S/C20H27N5OS/c26-20(24-7-3-14-10-21-11-15(14)4-8-24)16-2-1-6-25(12-16)18-17-5-9-27-19(17)23-13-22-18/h5,9,13-16,21H,1-4,6-8,10-12H2/t14-,15+,16?. The third kappa shape index (κ3) is 3.31. The highest BCUT2D eigenvalue weighted by Crippen LogP contribution is 2.32. The van der Waals surface area contributed by atoms with E-state index in [1.807, 2.05) is 0 Å². The van der Waals surface area contributed by atoms with Crippen LogP contribution in [0.1, 0.15) is 25.7 Å². The molecule has 1 N–H and O–H groups in total. The minimum atomic E-state index is 0.0958. The number of hydrogen-bond donors (Lipinski definition) is 1. The number of thiophene rings is 1. The molecule has 5 rings (SSSR count). The average Bonchev–Trinajstić information content (AvgIpc) is 3.33. The van der Waals surface area contributed by atoms with E-state index in [0.29, 0.717) is 5.91 Å². The summed E-state index contributed by atoms with van der Waals surface area (Å²) in [5.41, 5.74) is 0. The second-order valence-corrected chi connectivity index (χ2v) is 9.10. The van der Waals surface area contributed by atoms with Crippen LogP contribution in [0, 0.1) is 17.8 Å². The van der Waals surface area contributed by atoms with Crippen molar-refractivity contribution >= 4 is 33.3 Å². The number of amides is 1. The van der Waals surface area contributed by atoms with E-state index in [1.165, 1.54) is 0 Å². The number of carbonyl (C=O) groups excluding carboxylic acids is 1. The summed E-state index contributed by atoms with van der Waals surface area (Å²) in [6, 6.07) is 2.10. The van der Waals surface area contributed by atoms with E-state index in [2.05, 4.69) is 36.5 Å². The van der Waals surface area contributed by atoms with Crippen LogP contribution in [-0.2, 0) is 4.79 Å². The van der Waals surface area contributed by atoms with Gasteiger partial charge in [0.1, 0.15) is 17.0 Å². The van der Waals surface area contributed by atoms with Gasteiger partial charge in [0, 0.05) is 26.2 Å². The molecule has 0 saturated carbocycles. The molecule has 2 aromatic heterocycles. The summed E-state index contributed by atoms with van der Waals surface area (Å²) in [6.45, 7) is 5.89. The Morgan fingerprint density at radius 2 is 1.93 bits per heavy atom. The number of fused-ring (bicyclic) bond motifs is 2. The number of anilines is 1. The molecular formula is C20H27N5OS. The normalized spacial score (nSPS) is 29.0. The van der Waals surface area contributed by atoms with E-state index >= 15 is 0 Å². The van der Waals surface area contributed by atoms with Crippen molar-refractivity contribution in [1.82, 2.24) is 20.2 Å². The molecule has 0 radical (unpaired) electrons. The Morgan fingerprint density at radius 1 is 1.11 bits per heavy atom. The second kappa shape index (κ2) is 7.36. The van der Waals surface area contributed by atoms with Crippen LogP contribution in [0.15, 0.2) is 17.8 Å². The average molecular weight is 386 g/mol. The topological polar surface area (TPSA) is 61.4 Å². The molecule has 3 aliphatic rings. The van der Waals surface area contributed by atoms with Gasteiger partial charge < -0.3 is 15.1 Å². The molecule has 3 saturated heterocycles. The summed E-state index contributed by atoms with van der Waals surface area (Å²) >= 11 is 1.65. The summed E-state index contributed by atoms with van der Waals surface area (Å²) in [5.74, 6) is 2.98. The highest BCUT2D eigenvalue weighted by Gasteiger charge is 2.35. The summed E-state index contributed by atoms with van der Waals surface area (Å²) in [4.78, 5) is 27.7. The molecule has 3 aliphatic heterocycles. The zero-order valence-electron chi connectivity index (χ0n) is 15.6. The van der Waals surface area contributed by atoms with Gasteiger partial charge in [0.15, 0.2) is 0 Å². The van der Waals surface area contributed by atoms with Gasteiger partial charge in [-0.05, 0) is 62.1 Å². The Kier molecular flexibility index (Phi) is 4.73. The first-order chi connectivity index (χ1) is 13.3. The van der Waals surface area contributed by atoms with Gasteiger partial charge in [-0.1, -0.05) is 0 Å². The minimum absolute atomic E-state index is 0.0958. The minimum Gasteiger partial charge on any atom is -0.355 e. The van der Waals surface area contributed by atoms with E-state index < -0.39 is 0 Å². The Hall–Kier alpha value is -1.73. The van der Waals surface area contributed by atoms with Crippen LogP contribution in [0.4, 0.5) is 5.82 Å². The maximum Gasteiger partial charge on any atom is 0.227 e. The first-order valence-electron chi connectivity index (χ1n) is 10.2. The van der Waals surface area contributed by atoms with Crippen LogP contribution < -0.4 is 10.2 Å². The summed E-state index contributed by atoms with van der Waals surface area (Å²) in [5, 5.41) is 6.70. The molecule has 0 spiro atoms. The predicted octanol–water partition coefficient (Wildman–Crippen LogP) is 2.37. The third-order valence-electron chi connectivity index (χ3n) is 6.64.